The van der Waals surface area contributed by atoms with E-state index in [9.17, 15) is 13.2 Å². The number of rotatable bonds is 5. The van der Waals surface area contributed by atoms with Crippen molar-refractivity contribution in [3.05, 3.63) is 58.8 Å². The monoisotopic (exact) mass is 305 g/mol. The van der Waals surface area contributed by atoms with E-state index in [1.807, 2.05) is 6.07 Å². The van der Waals surface area contributed by atoms with Gasteiger partial charge < -0.3 is 4.98 Å². The fourth-order valence-corrected chi connectivity index (χ4v) is 3.74. The summed E-state index contributed by atoms with van der Waals surface area (Å²) < 4.78 is 26.9. The Bertz CT molecular complexity index is 762. The van der Waals surface area contributed by atoms with Crippen LogP contribution in [0.25, 0.3) is 0 Å². The fourth-order valence-electron chi connectivity index (χ4n) is 2.12. The molecule has 3 rings (SSSR count). The zero-order valence-electron chi connectivity index (χ0n) is 11.3. The van der Waals surface area contributed by atoms with Crippen molar-refractivity contribution >= 4 is 10.0 Å². The van der Waals surface area contributed by atoms with E-state index in [-0.39, 0.29) is 23.0 Å². The molecule has 0 amide bonds. The molecule has 0 atom stereocenters. The van der Waals surface area contributed by atoms with Crippen molar-refractivity contribution in [3.8, 4) is 0 Å². The zero-order valence-corrected chi connectivity index (χ0v) is 12.1. The number of nitrogens with zero attached hydrogens (tertiary/aromatic N) is 2. The Morgan fingerprint density at radius 3 is 2.62 bits per heavy atom. The van der Waals surface area contributed by atoms with Gasteiger partial charge in [-0.15, -0.1) is 0 Å². The molecule has 0 aromatic carbocycles. The van der Waals surface area contributed by atoms with Gasteiger partial charge in [0, 0.05) is 24.5 Å². The molecule has 21 heavy (non-hydrogen) atoms. The average molecular weight is 305 g/mol. The molecule has 0 spiro atoms. The summed E-state index contributed by atoms with van der Waals surface area (Å²) in [6, 6.07) is 8.00. The summed E-state index contributed by atoms with van der Waals surface area (Å²) in [5, 5.41) is 0. The third-order valence-corrected chi connectivity index (χ3v) is 5.25. The molecule has 2 aromatic rings. The first-order chi connectivity index (χ1) is 10.1. The van der Waals surface area contributed by atoms with Crippen LogP contribution >= 0.6 is 0 Å². The van der Waals surface area contributed by atoms with Gasteiger partial charge in [-0.25, -0.2) is 8.42 Å². The highest BCUT2D eigenvalue weighted by Crippen LogP contribution is 2.32. The van der Waals surface area contributed by atoms with Crippen LogP contribution in [0.1, 0.15) is 18.5 Å². The number of hydrogen-bond donors (Lipinski definition) is 1. The van der Waals surface area contributed by atoms with Crippen molar-refractivity contribution in [2.24, 2.45) is 0 Å². The molecule has 7 heteroatoms. The number of sulfonamides is 1. The second-order valence-corrected chi connectivity index (χ2v) is 6.88. The predicted molar refractivity (Wildman–Crippen MR) is 77.1 cm³/mol. The minimum atomic E-state index is -3.63. The molecule has 0 bridgehead atoms. The number of H-pyrrole nitrogens is 1. The van der Waals surface area contributed by atoms with Gasteiger partial charge >= 0.3 is 0 Å². The van der Waals surface area contributed by atoms with Crippen LogP contribution in [-0.4, -0.2) is 28.7 Å². The van der Waals surface area contributed by atoms with Crippen LogP contribution in [0.5, 0.6) is 0 Å². The topological polar surface area (TPSA) is 83.1 Å². The van der Waals surface area contributed by atoms with Crippen LogP contribution < -0.4 is 5.56 Å². The lowest BCUT2D eigenvalue weighted by Crippen LogP contribution is -2.33. The lowest BCUT2D eigenvalue weighted by molar-refractivity contribution is 0.394. The SMILES string of the molecule is O=c1ccc(S(=O)(=O)N(Cc2ccccn2)C2CC2)c[nH]1. The van der Waals surface area contributed by atoms with Crippen molar-refractivity contribution < 1.29 is 8.42 Å². The Hall–Kier alpha value is -1.99. The van der Waals surface area contributed by atoms with Gasteiger partial charge in [0.15, 0.2) is 0 Å². The fraction of sp³-hybridized carbons (Fsp3) is 0.286. The number of aromatic amines is 1. The Morgan fingerprint density at radius 1 is 1.24 bits per heavy atom. The molecule has 2 heterocycles. The number of aromatic nitrogens is 2. The van der Waals surface area contributed by atoms with Crippen LogP contribution in [0.2, 0.25) is 0 Å². The summed E-state index contributed by atoms with van der Waals surface area (Å²) in [4.78, 5) is 17.8. The predicted octanol–water partition coefficient (Wildman–Crippen LogP) is 1.12. The Balaban J connectivity index is 1.93. The van der Waals surface area contributed by atoms with E-state index in [1.165, 1.54) is 22.6 Å². The lowest BCUT2D eigenvalue weighted by Gasteiger charge is -2.21. The summed E-state index contributed by atoms with van der Waals surface area (Å²) in [5.74, 6) is 0. The van der Waals surface area contributed by atoms with Gasteiger partial charge in [0.05, 0.1) is 17.1 Å². The largest absolute Gasteiger partial charge is 0.328 e. The molecule has 1 fully saturated rings. The summed E-state index contributed by atoms with van der Waals surface area (Å²) in [7, 11) is -3.63. The van der Waals surface area contributed by atoms with Crippen LogP contribution in [0.4, 0.5) is 0 Å². The van der Waals surface area contributed by atoms with Gasteiger partial charge in [0.2, 0.25) is 15.6 Å². The minimum Gasteiger partial charge on any atom is -0.328 e. The van der Waals surface area contributed by atoms with Crippen molar-refractivity contribution in [3.63, 3.8) is 0 Å². The van der Waals surface area contributed by atoms with Gasteiger partial charge in [0.1, 0.15) is 0 Å². The summed E-state index contributed by atoms with van der Waals surface area (Å²) in [6.45, 7) is 0.243. The summed E-state index contributed by atoms with van der Waals surface area (Å²) in [6.07, 6.45) is 4.60. The summed E-state index contributed by atoms with van der Waals surface area (Å²) in [5.41, 5.74) is 0.383. The minimum absolute atomic E-state index is 0.0175. The number of hydrogen-bond acceptors (Lipinski definition) is 4. The maximum absolute atomic E-state index is 12.7. The van der Waals surface area contributed by atoms with E-state index in [4.69, 9.17) is 0 Å². The van der Waals surface area contributed by atoms with Gasteiger partial charge in [-0.05, 0) is 31.0 Å². The van der Waals surface area contributed by atoms with E-state index in [1.54, 1.807) is 18.3 Å². The van der Waals surface area contributed by atoms with E-state index < -0.39 is 10.0 Å². The first-order valence-corrected chi connectivity index (χ1v) is 8.12. The van der Waals surface area contributed by atoms with Crippen molar-refractivity contribution in [1.82, 2.24) is 14.3 Å². The second kappa shape index (κ2) is 5.42. The van der Waals surface area contributed by atoms with Crippen LogP contribution in [0, 0.1) is 0 Å². The van der Waals surface area contributed by atoms with E-state index >= 15 is 0 Å². The zero-order chi connectivity index (χ0) is 14.9. The summed E-state index contributed by atoms with van der Waals surface area (Å²) >= 11 is 0. The standard InChI is InChI=1S/C14H15N3O3S/c18-14-7-6-13(9-16-14)21(19,20)17(12-4-5-12)10-11-3-1-2-8-15-11/h1-3,6-9,12H,4-5,10H2,(H,16,18). The maximum Gasteiger partial charge on any atom is 0.247 e. The Labute approximate surface area is 122 Å². The van der Waals surface area contributed by atoms with Crippen molar-refractivity contribution in [1.29, 1.82) is 0 Å². The molecular weight excluding hydrogens is 290 g/mol. The highest BCUT2D eigenvalue weighted by atomic mass is 32.2. The van der Waals surface area contributed by atoms with Gasteiger partial charge in [-0.1, -0.05) is 6.07 Å². The third kappa shape index (κ3) is 3.03. The average Bonchev–Trinajstić information content (AvgIpc) is 3.31. The first kappa shape index (κ1) is 14.0. The van der Waals surface area contributed by atoms with Crippen molar-refractivity contribution in [2.75, 3.05) is 0 Å². The van der Waals surface area contributed by atoms with Gasteiger partial charge in [0.25, 0.3) is 0 Å². The molecule has 0 radical (unpaired) electrons. The number of nitrogens with one attached hydrogen (secondary N) is 1. The van der Waals surface area contributed by atoms with Gasteiger partial charge in [-0.3, -0.25) is 9.78 Å². The van der Waals surface area contributed by atoms with Crippen LogP contribution in [0.3, 0.4) is 0 Å². The third-order valence-electron chi connectivity index (χ3n) is 3.36. The smallest absolute Gasteiger partial charge is 0.247 e. The van der Waals surface area contributed by atoms with E-state index in [0.717, 1.165) is 12.8 Å². The molecule has 110 valence electrons. The number of pyridine rings is 2. The van der Waals surface area contributed by atoms with E-state index in [2.05, 4.69) is 9.97 Å². The molecule has 1 saturated carbocycles. The quantitative estimate of drug-likeness (QED) is 0.897. The molecule has 6 nitrogen and oxygen atoms in total. The molecule has 1 N–H and O–H groups in total. The first-order valence-electron chi connectivity index (χ1n) is 6.68. The molecule has 2 aromatic heterocycles. The highest BCUT2D eigenvalue weighted by molar-refractivity contribution is 7.89. The highest BCUT2D eigenvalue weighted by Gasteiger charge is 2.38. The van der Waals surface area contributed by atoms with Gasteiger partial charge in [-0.2, -0.15) is 4.31 Å². The van der Waals surface area contributed by atoms with Crippen LogP contribution in [-0.2, 0) is 16.6 Å². The Kier molecular flexibility index (Phi) is 3.60. The second-order valence-electron chi connectivity index (χ2n) is 4.99. The Morgan fingerprint density at radius 2 is 2.05 bits per heavy atom. The molecule has 1 aliphatic rings. The lowest BCUT2D eigenvalue weighted by atomic mass is 10.3. The van der Waals surface area contributed by atoms with E-state index in [0.29, 0.717) is 5.69 Å². The maximum atomic E-state index is 12.7. The van der Waals surface area contributed by atoms with Crippen LogP contribution in [0.15, 0.2) is 52.4 Å². The molecule has 0 saturated heterocycles. The molecular formula is C14H15N3O3S. The molecule has 0 unspecified atom stereocenters. The van der Waals surface area contributed by atoms with Crippen molar-refractivity contribution in [2.45, 2.75) is 30.3 Å². The molecule has 1 aliphatic carbocycles. The molecule has 0 aliphatic heterocycles. The normalized spacial score (nSPS) is 15.3.